The van der Waals surface area contributed by atoms with Crippen molar-refractivity contribution in [2.24, 2.45) is 17.8 Å². The topological polar surface area (TPSA) is 165 Å². The molecule has 0 amide bonds. The third-order valence-corrected chi connectivity index (χ3v) is 11.5. The Balaban J connectivity index is 1.56. The van der Waals surface area contributed by atoms with Crippen molar-refractivity contribution in [1.82, 2.24) is 0 Å². The Labute approximate surface area is 278 Å². The number of benzene rings is 8. The standard InChI is InChI=1S/C40H34O9/c1-13(2)17-6-5-14(3)7-24(17)49-12-16-9-19(42)30-34-26(16)25-15(4)8-18(41)29-33(25)37-35-27(20(43)10-22(45)31(35)39(29)47)28-21(44)11-23(46)32(40(30)48)36(28)38(34)37/h8-11,13-14,17,24,42-43,45-48H,5-7,12H2,1-4H3/t14-,17+,24-/m1/s1. The Bertz CT molecular complexity index is 2820. The van der Waals surface area contributed by atoms with Crippen molar-refractivity contribution in [3.63, 3.8) is 0 Å². The molecule has 248 valence electrons. The van der Waals surface area contributed by atoms with E-state index in [-0.39, 0.29) is 61.6 Å². The normalized spacial score (nSPS) is 19.2. The van der Waals surface area contributed by atoms with Gasteiger partial charge in [-0.25, -0.2) is 0 Å². The van der Waals surface area contributed by atoms with Crippen LogP contribution in [0.2, 0.25) is 0 Å². The molecule has 0 heterocycles. The second kappa shape index (κ2) is 9.66. The van der Waals surface area contributed by atoms with E-state index in [4.69, 9.17) is 4.74 Å². The average Bonchev–Trinajstić information content (AvgIpc) is 3.02. The second-order valence-electron chi connectivity index (χ2n) is 14.7. The summed E-state index contributed by atoms with van der Waals surface area (Å²) >= 11 is 0. The predicted molar refractivity (Wildman–Crippen MR) is 191 cm³/mol. The molecule has 1 fully saturated rings. The number of phenols is 6. The smallest absolute Gasteiger partial charge is 0.190 e. The Morgan fingerprint density at radius 1 is 0.612 bits per heavy atom. The summed E-state index contributed by atoms with van der Waals surface area (Å²) in [6.45, 7) is 8.48. The lowest BCUT2D eigenvalue weighted by Crippen LogP contribution is -2.34. The van der Waals surface area contributed by atoms with E-state index in [1.165, 1.54) is 6.07 Å². The minimum absolute atomic E-state index is 0.000500. The quantitative estimate of drug-likeness (QED) is 0.0819. The van der Waals surface area contributed by atoms with Gasteiger partial charge >= 0.3 is 0 Å². The molecule has 9 nitrogen and oxygen atoms in total. The minimum atomic E-state index is -0.663. The highest BCUT2D eigenvalue weighted by Crippen LogP contribution is 2.59. The van der Waals surface area contributed by atoms with E-state index < -0.39 is 39.6 Å². The first-order valence-electron chi connectivity index (χ1n) is 16.7. The maximum Gasteiger partial charge on any atom is 0.190 e. The van der Waals surface area contributed by atoms with Gasteiger partial charge in [-0.2, -0.15) is 0 Å². The summed E-state index contributed by atoms with van der Waals surface area (Å²) in [5.74, 6) is -1.45. The third-order valence-electron chi connectivity index (χ3n) is 11.5. The molecule has 9 heteroatoms. The number of fused-ring (bicyclic) bond motifs is 2. The van der Waals surface area contributed by atoms with E-state index >= 15 is 0 Å². The van der Waals surface area contributed by atoms with E-state index in [1.807, 2.05) is 0 Å². The maximum absolute atomic E-state index is 13.8. The van der Waals surface area contributed by atoms with Gasteiger partial charge in [0.25, 0.3) is 0 Å². The van der Waals surface area contributed by atoms with Gasteiger partial charge in [0.15, 0.2) is 10.9 Å². The zero-order chi connectivity index (χ0) is 34.5. The highest BCUT2D eigenvalue weighted by Gasteiger charge is 2.35. The fraction of sp³-hybridized carbons (Fsp3) is 0.300. The molecule has 0 bridgehead atoms. The van der Waals surface area contributed by atoms with Crippen LogP contribution in [0.5, 0.6) is 34.5 Å². The molecule has 6 N–H and O–H groups in total. The van der Waals surface area contributed by atoms with Gasteiger partial charge in [0.1, 0.15) is 34.5 Å². The van der Waals surface area contributed by atoms with Crippen molar-refractivity contribution in [2.75, 3.05) is 0 Å². The van der Waals surface area contributed by atoms with Crippen molar-refractivity contribution in [3.05, 3.63) is 55.8 Å². The fourth-order valence-corrected chi connectivity index (χ4v) is 9.49. The molecule has 0 spiro atoms. The molecule has 1 saturated carbocycles. The number of phenolic OH excluding ortho intramolecular Hbond substituents is 6. The van der Waals surface area contributed by atoms with Crippen LogP contribution in [0.15, 0.2) is 33.9 Å². The molecule has 0 aromatic heterocycles. The predicted octanol–water partition coefficient (Wildman–Crippen LogP) is 7.75. The summed E-state index contributed by atoms with van der Waals surface area (Å²) in [4.78, 5) is 27.6. The first-order valence-corrected chi connectivity index (χ1v) is 16.7. The first-order chi connectivity index (χ1) is 23.3. The van der Waals surface area contributed by atoms with Gasteiger partial charge in [0, 0.05) is 55.2 Å². The van der Waals surface area contributed by atoms with E-state index in [1.54, 1.807) is 13.0 Å². The monoisotopic (exact) mass is 658 g/mol. The SMILES string of the molecule is Cc1cc(=O)c2c(O)c3c(O)cc(O)c4c5c(=O)cc(O)c6c(O)c7c(O)cc(CO[C@@H]8C[C@H](C)CC[C@H]8C(C)C)c8c1c2c(c34)c(c78)c65. The number of rotatable bonds is 4. The zero-order valence-electron chi connectivity index (χ0n) is 27.4. The molecule has 0 radical (unpaired) electrons. The lowest BCUT2D eigenvalue weighted by Gasteiger charge is -2.37. The molecule has 9 rings (SSSR count). The van der Waals surface area contributed by atoms with Crippen LogP contribution in [0, 0.1) is 24.7 Å². The van der Waals surface area contributed by atoms with Gasteiger partial charge < -0.3 is 35.4 Å². The van der Waals surface area contributed by atoms with Gasteiger partial charge in [-0.1, -0.05) is 27.2 Å². The molecule has 0 aliphatic heterocycles. The molecule has 0 saturated heterocycles. The van der Waals surface area contributed by atoms with Gasteiger partial charge in [0.05, 0.1) is 34.3 Å². The van der Waals surface area contributed by atoms with Crippen LogP contribution in [0.1, 0.15) is 51.2 Å². The molecular weight excluding hydrogens is 624 g/mol. The van der Waals surface area contributed by atoms with Crippen LogP contribution in [0.3, 0.4) is 0 Å². The highest BCUT2D eigenvalue weighted by molar-refractivity contribution is 6.51. The Morgan fingerprint density at radius 3 is 1.80 bits per heavy atom. The second-order valence-corrected chi connectivity index (χ2v) is 14.7. The summed E-state index contributed by atoms with van der Waals surface area (Å²) in [6, 6.07) is 4.90. The van der Waals surface area contributed by atoms with Crippen molar-refractivity contribution in [3.8, 4) is 34.5 Å². The largest absolute Gasteiger partial charge is 0.507 e. The highest BCUT2D eigenvalue weighted by atomic mass is 16.5. The van der Waals surface area contributed by atoms with E-state index in [0.29, 0.717) is 61.2 Å². The number of hydrogen-bond acceptors (Lipinski definition) is 9. The molecule has 1 aliphatic carbocycles. The van der Waals surface area contributed by atoms with Crippen LogP contribution in [-0.2, 0) is 11.3 Å². The van der Waals surface area contributed by atoms with E-state index in [9.17, 15) is 40.2 Å². The summed E-state index contributed by atoms with van der Waals surface area (Å²) in [5, 5.41) is 71.6. The Morgan fingerprint density at radius 2 is 1.12 bits per heavy atom. The lowest BCUT2D eigenvalue weighted by atomic mass is 9.75. The fourth-order valence-electron chi connectivity index (χ4n) is 9.49. The van der Waals surface area contributed by atoms with Gasteiger partial charge in [-0.15, -0.1) is 0 Å². The zero-order valence-corrected chi connectivity index (χ0v) is 27.4. The van der Waals surface area contributed by atoms with Crippen molar-refractivity contribution in [2.45, 2.75) is 59.7 Å². The summed E-state index contributed by atoms with van der Waals surface area (Å²) < 4.78 is 6.72. The Kier molecular flexibility index (Phi) is 5.88. The van der Waals surface area contributed by atoms with Crippen LogP contribution >= 0.6 is 0 Å². The lowest BCUT2D eigenvalue weighted by molar-refractivity contribution is -0.0469. The van der Waals surface area contributed by atoms with Gasteiger partial charge in [-0.3, -0.25) is 9.59 Å². The van der Waals surface area contributed by atoms with Crippen LogP contribution in [0.4, 0.5) is 0 Å². The molecule has 0 unspecified atom stereocenters. The number of aryl methyl sites for hydroxylation is 1. The van der Waals surface area contributed by atoms with Crippen molar-refractivity contribution >= 4 is 75.4 Å². The molecular formula is C40H34O9. The molecule has 3 atom stereocenters. The maximum atomic E-state index is 13.8. The Hall–Kier alpha value is -5.28. The number of aromatic hydroxyl groups is 6. The van der Waals surface area contributed by atoms with Gasteiger partial charge in [-0.05, 0) is 71.6 Å². The number of ether oxygens (including phenoxy) is 1. The molecule has 8 aromatic rings. The first kappa shape index (κ1) is 29.8. The molecule has 1 aliphatic rings. The van der Waals surface area contributed by atoms with Crippen LogP contribution in [0.25, 0.3) is 75.4 Å². The molecule has 49 heavy (non-hydrogen) atoms. The summed E-state index contributed by atoms with van der Waals surface area (Å²) in [5.41, 5.74) is -0.00465. The average molecular weight is 659 g/mol. The number of hydrogen-bond donors (Lipinski definition) is 6. The summed E-state index contributed by atoms with van der Waals surface area (Å²) in [7, 11) is 0. The molecule has 8 aromatic carbocycles. The van der Waals surface area contributed by atoms with Gasteiger partial charge in [0.2, 0.25) is 0 Å². The van der Waals surface area contributed by atoms with E-state index in [0.717, 1.165) is 31.4 Å². The van der Waals surface area contributed by atoms with Crippen molar-refractivity contribution < 1.29 is 35.4 Å². The minimum Gasteiger partial charge on any atom is -0.507 e. The van der Waals surface area contributed by atoms with Crippen LogP contribution in [-0.4, -0.2) is 36.7 Å². The van der Waals surface area contributed by atoms with E-state index in [2.05, 4.69) is 20.8 Å². The summed E-state index contributed by atoms with van der Waals surface area (Å²) in [6.07, 6.45) is 3.01. The third kappa shape index (κ3) is 3.58. The van der Waals surface area contributed by atoms with Crippen molar-refractivity contribution in [1.29, 1.82) is 0 Å². The van der Waals surface area contributed by atoms with Crippen LogP contribution < -0.4 is 10.9 Å².